The highest BCUT2D eigenvalue weighted by Gasteiger charge is 2.44. The van der Waals surface area contributed by atoms with E-state index in [0.717, 1.165) is 33.9 Å². The molecule has 11 heteroatoms. The molecule has 0 aromatic heterocycles. The van der Waals surface area contributed by atoms with Crippen LogP contribution in [0.3, 0.4) is 0 Å². The molecule has 2 aliphatic heterocycles. The van der Waals surface area contributed by atoms with Gasteiger partial charge in [0.05, 0.1) is 15.2 Å². The normalized spacial score (nSPS) is 19.6. The van der Waals surface area contributed by atoms with Crippen LogP contribution in [-0.2, 0) is 31.1 Å². The molecule has 214 valence electrons. The molecule has 0 amide bonds. The van der Waals surface area contributed by atoms with Crippen molar-refractivity contribution in [3.8, 4) is 0 Å². The number of benzene rings is 2. The summed E-state index contributed by atoms with van der Waals surface area (Å²) in [5.41, 5.74) is 4.09. The van der Waals surface area contributed by atoms with E-state index < -0.39 is 31.1 Å². The number of hydrogen-bond acceptors (Lipinski definition) is 5. The largest absolute Gasteiger partial charge is 0.344 e. The van der Waals surface area contributed by atoms with Gasteiger partial charge in [0.1, 0.15) is 6.54 Å². The third-order valence-electron chi connectivity index (χ3n) is 7.76. The van der Waals surface area contributed by atoms with Crippen LogP contribution in [0.2, 0.25) is 0 Å². The van der Waals surface area contributed by atoms with Crippen LogP contribution in [-0.4, -0.2) is 49.3 Å². The van der Waals surface area contributed by atoms with Gasteiger partial charge in [-0.3, -0.25) is 9.11 Å². The van der Waals surface area contributed by atoms with Crippen LogP contribution in [0.15, 0.2) is 81.2 Å². The van der Waals surface area contributed by atoms with Gasteiger partial charge in [-0.2, -0.15) is 21.4 Å². The quantitative estimate of drug-likeness (QED) is 0.227. The van der Waals surface area contributed by atoms with E-state index in [4.69, 9.17) is 11.6 Å². The molecular weight excluding hydrogens is 572 g/mol. The van der Waals surface area contributed by atoms with Crippen molar-refractivity contribution >= 4 is 48.9 Å². The van der Waals surface area contributed by atoms with E-state index in [2.05, 4.69) is 9.48 Å². The van der Waals surface area contributed by atoms with Gasteiger partial charge in [0.25, 0.3) is 20.2 Å². The smallest absolute Gasteiger partial charge is 0.294 e. The van der Waals surface area contributed by atoms with Gasteiger partial charge in [-0.1, -0.05) is 25.4 Å². The first-order valence-electron chi connectivity index (χ1n) is 12.9. The van der Waals surface area contributed by atoms with Crippen molar-refractivity contribution in [3.05, 3.63) is 82.6 Å². The Morgan fingerprint density at radius 2 is 1.50 bits per heavy atom. The molecule has 0 fully saturated rings. The highest BCUT2D eigenvalue weighted by atomic mass is 35.5. The minimum Gasteiger partial charge on any atom is -0.344 e. The zero-order valence-corrected chi connectivity index (χ0v) is 25.7. The Morgan fingerprint density at radius 3 is 2.05 bits per heavy atom. The second kappa shape index (κ2) is 10.3. The summed E-state index contributed by atoms with van der Waals surface area (Å²) in [6, 6.07) is 9.25. The maximum absolute atomic E-state index is 11.7. The summed E-state index contributed by atoms with van der Waals surface area (Å²) in [5.74, 6) is 0. The number of hydrogen-bond donors (Lipinski definition) is 2. The lowest BCUT2D eigenvalue weighted by Gasteiger charge is -2.25. The minimum atomic E-state index is -4.33. The van der Waals surface area contributed by atoms with Crippen LogP contribution in [0.25, 0.3) is 0 Å². The van der Waals surface area contributed by atoms with Crippen LogP contribution in [0.5, 0.6) is 0 Å². The number of nitrogens with zero attached hydrogens (tertiary/aromatic N) is 2. The van der Waals surface area contributed by atoms with Crippen LogP contribution < -0.4 is 4.90 Å². The first-order chi connectivity index (χ1) is 18.4. The third-order valence-corrected chi connectivity index (χ3v) is 9.71. The maximum atomic E-state index is 11.7. The zero-order chi connectivity index (χ0) is 29.8. The molecule has 2 aromatic rings. The Kier molecular flexibility index (Phi) is 7.75. The van der Waals surface area contributed by atoms with E-state index in [1.165, 1.54) is 24.3 Å². The van der Waals surface area contributed by atoms with Crippen molar-refractivity contribution in [2.24, 2.45) is 0 Å². The first kappa shape index (κ1) is 30.2. The predicted octanol–water partition coefficient (Wildman–Crippen LogP) is 5.96. The average Bonchev–Trinajstić information content (AvgIpc) is 3.22. The Morgan fingerprint density at radius 1 is 0.925 bits per heavy atom. The number of halogens is 1. The van der Waals surface area contributed by atoms with Crippen molar-refractivity contribution in [3.63, 3.8) is 0 Å². The standard InChI is InChI=1S/C29H33ClN2O6S2/c1-7-31-24-13-11-20(39(33,34)35)17-22(24)28(3,4)26(31)15-9-19(30)10-16-27-29(5,6)23-18-21(40(36,37)38)12-14-25(23)32(27)8-2/h9-18H,7-8H2,1-6H3,(H-,33,34,35,36,37,38)/p+1. The molecule has 2 heterocycles. The van der Waals surface area contributed by atoms with Crippen molar-refractivity contribution in [1.29, 1.82) is 0 Å². The molecule has 8 nitrogen and oxygen atoms in total. The van der Waals surface area contributed by atoms with Crippen molar-refractivity contribution in [1.82, 2.24) is 0 Å². The van der Waals surface area contributed by atoms with E-state index in [0.29, 0.717) is 18.1 Å². The molecule has 2 aromatic carbocycles. The highest BCUT2D eigenvalue weighted by Crippen LogP contribution is 2.48. The molecule has 0 unspecified atom stereocenters. The molecule has 40 heavy (non-hydrogen) atoms. The van der Waals surface area contributed by atoms with E-state index in [9.17, 15) is 25.9 Å². The van der Waals surface area contributed by atoms with Crippen molar-refractivity contribution in [2.45, 2.75) is 62.2 Å². The topological polar surface area (TPSA) is 115 Å². The second-order valence-electron chi connectivity index (χ2n) is 10.9. The molecular formula is C29H34ClN2O6S2+. The fourth-order valence-electron chi connectivity index (χ4n) is 5.68. The molecule has 2 aliphatic rings. The molecule has 0 radical (unpaired) electrons. The number of likely N-dealkylation sites (N-methyl/N-ethyl adjacent to an activating group) is 1. The van der Waals surface area contributed by atoms with Crippen LogP contribution in [0, 0.1) is 0 Å². The first-order valence-corrected chi connectivity index (χ1v) is 16.1. The number of rotatable bonds is 7. The number of anilines is 1. The van der Waals surface area contributed by atoms with Gasteiger partial charge in [-0.05, 0) is 81.8 Å². The van der Waals surface area contributed by atoms with Gasteiger partial charge in [0.15, 0.2) is 5.71 Å². The fraction of sp³-hybridized carbons (Fsp3) is 0.345. The van der Waals surface area contributed by atoms with Crippen LogP contribution in [0.1, 0.15) is 52.7 Å². The zero-order valence-electron chi connectivity index (χ0n) is 23.3. The summed E-state index contributed by atoms with van der Waals surface area (Å²) in [7, 11) is -8.66. The molecule has 0 aliphatic carbocycles. The SMILES string of the molecule is CCN1\C(=C/C=C(Cl)/C=C/C2=[N+](CC)c3ccc(S(=O)(=O)O)cc3C2(C)C)C(C)(C)c2cc(S(=O)(=O)O)ccc21. The third kappa shape index (κ3) is 5.19. The number of fused-ring (bicyclic) bond motifs is 2. The highest BCUT2D eigenvalue weighted by molar-refractivity contribution is 7.86. The molecule has 0 spiro atoms. The summed E-state index contributed by atoms with van der Waals surface area (Å²) in [4.78, 5) is 1.80. The Balaban J connectivity index is 1.69. The Hall–Kier alpha value is -2.76. The molecule has 0 saturated carbocycles. The summed E-state index contributed by atoms with van der Waals surface area (Å²) >= 11 is 6.65. The van der Waals surface area contributed by atoms with Gasteiger partial charge < -0.3 is 4.90 Å². The van der Waals surface area contributed by atoms with Crippen molar-refractivity contribution < 1.29 is 30.5 Å². The molecule has 0 atom stereocenters. The monoisotopic (exact) mass is 605 g/mol. The lowest BCUT2D eigenvalue weighted by molar-refractivity contribution is -0.433. The molecule has 4 rings (SSSR count). The van der Waals surface area contributed by atoms with E-state index >= 15 is 0 Å². The Bertz CT molecular complexity index is 1730. The van der Waals surface area contributed by atoms with E-state index in [1.54, 1.807) is 24.3 Å². The van der Waals surface area contributed by atoms with Gasteiger partial charge in [-0.25, -0.2) is 0 Å². The number of allylic oxidation sites excluding steroid dienone is 6. The van der Waals surface area contributed by atoms with Crippen molar-refractivity contribution in [2.75, 3.05) is 18.0 Å². The second-order valence-corrected chi connectivity index (χ2v) is 14.1. The predicted molar refractivity (Wildman–Crippen MR) is 158 cm³/mol. The summed E-state index contributed by atoms with van der Waals surface area (Å²) in [5, 5.41) is 0.461. The summed E-state index contributed by atoms with van der Waals surface area (Å²) in [6.45, 7) is 13.3. The lowest BCUT2D eigenvalue weighted by atomic mass is 9.81. The molecule has 0 saturated heterocycles. The van der Waals surface area contributed by atoms with Crippen LogP contribution in [0.4, 0.5) is 11.4 Å². The molecule has 2 N–H and O–H groups in total. The summed E-state index contributed by atoms with van der Waals surface area (Å²) in [6.07, 6.45) is 7.41. The minimum absolute atomic E-state index is 0.144. The van der Waals surface area contributed by atoms with E-state index in [1.807, 2.05) is 53.7 Å². The van der Waals surface area contributed by atoms with E-state index in [-0.39, 0.29) is 9.79 Å². The van der Waals surface area contributed by atoms with Gasteiger partial charge >= 0.3 is 0 Å². The molecule has 0 bridgehead atoms. The van der Waals surface area contributed by atoms with Gasteiger partial charge in [0, 0.05) is 46.1 Å². The summed E-state index contributed by atoms with van der Waals surface area (Å²) < 4.78 is 68.2. The van der Waals surface area contributed by atoms with Gasteiger partial charge in [-0.15, -0.1) is 0 Å². The average molecular weight is 606 g/mol. The fourth-order valence-corrected chi connectivity index (χ4v) is 6.82. The maximum Gasteiger partial charge on any atom is 0.294 e. The van der Waals surface area contributed by atoms with Crippen LogP contribution >= 0.6 is 11.6 Å². The lowest BCUT2D eigenvalue weighted by Crippen LogP contribution is -2.27. The Labute approximate surface area is 241 Å². The van der Waals surface area contributed by atoms with Gasteiger partial charge in [0.2, 0.25) is 5.69 Å².